The molecule has 3 aromatic rings. The highest BCUT2D eigenvalue weighted by Gasteiger charge is 2.17. The lowest BCUT2D eigenvalue weighted by atomic mass is 10.1. The van der Waals surface area contributed by atoms with Crippen LogP contribution in [0.15, 0.2) is 34.4 Å². The Balaban J connectivity index is 1.72. The zero-order valence-electron chi connectivity index (χ0n) is 12.6. The van der Waals surface area contributed by atoms with Crippen LogP contribution in [0.1, 0.15) is 25.7 Å². The average molecular weight is 389 g/mol. The summed E-state index contributed by atoms with van der Waals surface area (Å²) in [6.45, 7) is 0.997. The van der Waals surface area contributed by atoms with Crippen LogP contribution in [0.2, 0.25) is 0 Å². The first kappa shape index (κ1) is 15.0. The van der Waals surface area contributed by atoms with Crippen LogP contribution >= 0.6 is 27.3 Å². The van der Waals surface area contributed by atoms with Crippen molar-refractivity contribution in [3.05, 3.63) is 34.4 Å². The first-order chi connectivity index (χ1) is 11.3. The Morgan fingerprint density at radius 1 is 1.17 bits per heavy atom. The van der Waals surface area contributed by atoms with E-state index in [0.717, 1.165) is 44.4 Å². The molecule has 6 heteroatoms. The van der Waals surface area contributed by atoms with Crippen LogP contribution in [0, 0.1) is 5.92 Å². The van der Waals surface area contributed by atoms with E-state index in [-0.39, 0.29) is 0 Å². The summed E-state index contributed by atoms with van der Waals surface area (Å²) in [6, 6.07) is 3.89. The van der Waals surface area contributed by atoms with E-state index in [1.54, 1.807) is 23.7 Å². The van der Waals surface area contributed by atoms with Crippen molar-refractivity contribution in [2.75, 3.05) is 11.9 Å². The molecule has 3 heterocycles. The molecular weight excluding hydrogens is 372 g/mol. The number of aromatic nitrogens is 3. The maximum atomic E-state index is 4.79. The Kier molecular flexibility index (Phi) is 4.27. The fraction of sp³-hybridized carbons (Fsp3) is 0.353. The van der Waals surface area contributed by atoms with Gasteiger partial charge in [-0.2, -0.15) is 0 Å². The van der Waals surface area contributed by atoms with Gasteiger partial charge in [0.1, 0.15) is 11.3 Å². The van der Waals surface area contributed by atoms with Gasteiger partial charge in [0.2, 0.25) is 0 Å². The Hall–Kier alpha value is -1.53. The second-order valence-electron chi connectivity index (χ2n) is 5.92. The topological polar surface area (TPSA) is 50.7 Å². The van der Waals surface area contributed by atoms with Crippen molar-refractivity contribution in [1.82, 2.24) is 15.0 Å². The first-order valence-electron chi connectivity index (χ1n) is 7.90. The summed E-state index contributed by atoms with van der Waals surface area (Å²) in [5.41, 5.74) is 1.97. The number of rotatable bonds is 4. The fourth-order valence-electron chi connectivity index (χ4n) is 3.10. The maximum absolute atomic E-state index is 4.79. The summed E-state index contributed by atoms with van der Waals surface area (Å²) in [6.07, 6.45) is 8.92. The van der Waals surface area contributed by atoms with Gasteiger partial charge in [-0.05, 0) is 46.8 Å². The van der Waals surface area contributed by atoms with Crippen LogP contribution in [0.25, 0.3) is 21.6 Å². The Bertz CT molecular complexity index is 812. The lowest BCUT2D eigenvalue weighted by Crippen LogP contribution is -2.12. The van der Waals surface area contributed by atoms with Crippen molar-refractivity contribution < 1.29 is 0 Å². The van der Waals surface area contributed by atoms with Gasteiger partial charge in [-0.25, -0.2) is 9.97 Å². The van der Waals surface area contributed by atoms with Crippen molar-refractivity contribution in [1.29, 1.82) is 0 Å². The Labute approximate surface area is 147 Å². The summed E-state index contributed by atoms with van der Waals surface area (Å²) in [5, 5.41) is 5.66. The van der Waals surface area contributed by atoms with E-state index < -0.39 is 0 Å². The van der Waals surface area contributed by atoms with Crippen LogP contribution in [0.5, 0.6) is 0 Å². The number of fused-ring (bicyclic) bond motifs is 1. The smallest absolute Gasteiger partial charge is 0.162 e. The second-order valence-corrected chi connectivity index (χ2v) is 7.66. The predicted octanol–water partition coefficient (Wildman–Crippen LogP) is 5.12. The number of nitrogens with one attached hydrogen (secondary N) is 1. The van der Waals surface area contributed by atoms with E-state index in [1.165, 1.54) is 25.7 Å². The van der Waals surface area contributed by atoms with E-state index in [4.69, 9.17) is 9.97 Å². The van der Waals surface area contributed by atoms with E-state index in [0.29, 0.717) is 0 Å². The van der Waals surface area contributed by atoms with Crippen molar-refractivity contribution in [3.63, 3.8) is 0 Å². The van der Waals surface area contributed by atoms with Crippen LogP contribution in [-0.2, 0) is 0 Å². The molecule has 1 N–H and O–H groups in total. The number of halogens is 1. The number of anilines is 1. The van der Waals surface area contributed by atoms with Gasteiger partial charge < -0.3 is 5.32 Å². The highest BCUT2D eigenvalue weighted by Crippen LogP contribution is 2.35. The monoisotopic (exact) mass is 388 g/mol. The van der Waals surface area contributed by atoms with Gasteiger partial charge in [-0.3, -0.25) is 4.98 Å². The number of nitrogens with zero attached hydrogens (tertiary/aromatic N) is 3. The predicted molar refractivity (Wildman–Crippen MR) is 98.8 cm³/mol. The molecule has 3 aromatic heterocycles. The molecule has 0 spiro atoms. The Morgan fingerprint density at radius 2 is 1.96 bits per heavy atom. The summed E-state index contributed by atoms with van der Waals surface area (Å²) in [4.78, 5) is 13.6. The molecule has 0 bridgehead atoms. The van der Waals surface area contributed by atoms with E-state index in [9.17, 15) is 0 Å². The van der Waals surface area contributed by atoms with Crippen LogP contribution in [-0.4, -0.2) is 21.5 Å². The zero-order chi connectivity index (χ0) is 15.6. The van der Waals surface area contributed by atoms with Gasteiger partial charge in [0.25, 0.3) is 0 Å². The molecule has 118 valence electrons. The van der Waals surface area contributed by atoms with Gasteiger partial charge in [0.15, 0.2) is 5.82 Å². The van der Waals surface area contributed by atoms with Gasteiger partial charge in [0.05, 0.1) is 9.17 Å². The second kappa shape index (κ2) is 6.53. The number of hydrogen-bond donors (Lipinski definition) is 1. The van der Waals surface area contributed by atoms with Gasteiger partial charge in [0, 0.05) is 29.9 Å². The molecule has 0 radical (unpaired) electrons. The molecule has 4 rings (SSSR count). The first-order valence-corrected chi connectivity index (χ1v) is 9.57. The molecule has 1 aliphatic rings. The molecule has 23 heavy (non-hydrogen) atoms. The van der Waals surface area contributed by atoms with Crippen LogP contribution < -0.4 is 5.32 Å². The molecule has 0 atom stereocenters. The summed E-state index contributed by atoms with van der Waals surface area (Å²) < 4.78 is 2.15. The average Bonchev–Trinajstić information content (AvgIpc) is 3.24. The fourth-order valence-corrected chi connectivity index (χ4v) is 4.62. The highest BCUT2D eigenvalue weighted by molar-refractivity contribution is 9.10. The third-order valence-corrected chi connectivity index (χ3v) is 6.23. The standard InChI is InChI=1S/C17H17BrN4S/c18-13-10-23-15-14(13)21-16(12-5-7-19-8-6-12)22-17(15)20-9-11-3-1-2-4-11/h5-8,10-11H,1-4,9H2,(H,20,21,22). The molecule has 1 fully saturated rings. The SMILES string of the molecule is Brc1csc2c(NCC3CCCC3)nc(-c3ccncc3)nc12. The lowest BCUT2D eigenvalue weighted by Gasteiger charge is -2.12. The van der Waals surface area contributed by atoms with Crippen LogP contribution in [0.3, 0.4) is 0 Å². The van der Waals surface area contributed by atoms with E-state index in [1.807, 2.05) is 12.1 Å². The minimum atomic E-state index is 0.743. The highest BCUT2D eigenvalue weighted by atomic mass is 79.9. The molecule has 1 aliphatic carbocycles. The molecule has 4 nitrogen and oxygen atoms in total. The minimum Gasteiger partial charge on any atom is -0.368 e. The summed E-state index contributed by atoms with van der Waals surface area (Å²) >= 11 is 5.29. The van der Waals surface area contributed by atoms with Crippen molar-refractivity contribution >= 4 is 43.3 Å². The largest absolute Gasteiger partial charge is 0.368 e. The van der Waals surface area contributed by atoms with Gasteiger partial charge >= 0.3 is 0 Å². The van der Waals surface area contributed by atoms with Crippen molar-refractivity contribution in [2.24, 2.45) is 5.92 Å². The van der Waals surface area contributed by atoms with E-state index in [2.05, 4.69) is 31.6 Å². The molecule has 0 saturated heterocycles. The molecular formula is C17H17BrN4S. The maximum Gasteiger partial charge on any atom is 0.162 e. The number of hydrogen-bond acceptors (Lipinski definition) is 5. The minimum absolute atomic E-state index is 0.743. The molecule has 0 unspecified atom stereocenters. The number of thiophene rings is 1. The summed E-state index contributed by atoms with van der Waals surface area (Å²) in [7, 11) is 0. The third-order valence-electron chi connectivity index (χ3n) is 4.34. The third kappa shape index (κ3) is 3.10. The van der Waals surface area contributed by atoms with Crippen LogP contribution in [0.4, 0.5) is 5.82 Å². The molecule has 0 amide bonds. The number of pyridine rings is 1. The van der Waals surface area contributed by atoms with Crippen molar-refractivity contribution in [2.45, 2.75) is 25.7 Å². The normalized spacial score (nSPS) is 15.3. The van der Waals surface area contributed by atoms with Gasteiger partial charge in [-0.15, -0.1) is 11.3 Å². The Morgan fingerprint density at radius 3 is 2.74 bits per heavy atom. The quantitative estimate of drug-likeness (QED) is 0.673. The molecule has 0 aliphatic heterocycles. The summed E-state index contributed by atoms with van der Waals surface area (Å²) in [5.74, 6) is 2.46. The lowest BCUT2D eigenvalue weighted by molar-refractivity contribution is 0.579. The van der Waals surface area contributed by atoms with Gasteiger partial charge in [-0.1, -0.05) is 12.8 Å². The molecule has 1 saturated carbocycles. The zero-order valence-corrected chi connectivity index (χ0v) is 15.0. The van der Waals surface area contributed by atoms with E-state index >= 15 is 0 Å². The molecule has 0 aromatic carbocycles. The van der Waals surface area contributed by atoms with Crippen molar-refractivity contribution in [3.8, 4) is 11.4 Å².